The Morgan fingerprint density at radius 1 is 0.912 bits per heavy atom. The lowest BCUT2D eigenvalue weighted by Crippen LogP contribution is -2.27. The van der Waals surface area contributed by atoms with Crippen molar-refractivity contribution in [1.29, 1.82) is 0 Å². The number of benzene rings is 3. The molecule has 0 aliphatic carbocycles. The number of hydrogen-bond acceptors (Lipinski definition) is 7. The first-order chi connectivity index (χ1) is 16.4. The summed E-state index contributed by atoms with van der Waals surface area (Å²) in [5.74, 6) is 0.719. The number of para-hydroxylation sites is 2. The smallest absolute Gasteiger partial charge is 0.238 e. The van der Waals surface area contributed by atoms with Gasteiger partial charge in [0.25, 0.3) is 0 Å². The largest absolute Gasteiger partial charge is 0.355 e. The molecule has 3 aromatic carbocycles. The van der Waals surface area contributed by atoms with Gasteiger partial charge in [-0.05, 0) is 48.4 Å². The van der Waals surface area contributed by atoms with Gasteiger partial charge in [-0.15, -0.1) is 0 Å². The first-order valence-corrected chi connectivity index (χ1v) is 13.0. The normalized spacial score (nSPS) is 11.3. The molecule has 1 aromatic heterocycles. The maximum absolute atomic E-state index is 12.3. The molecule has 0 unspecified atom stereocenters. The number of carbonyl (C=O) groups is 1. The minimum Gasteiger partial charge on any atom is -0.355 e. The molecule has 1 amide bonds. The lowest BCUT2D eigenvalue weighted by atomic mass is 10.1. The quantitative estimate of drug-likeness (QED) is 0.241. The second kappa shape index (κ2) is 10.6. The van der Waals surface area contributed by atoms with Crippen LogP contribution in [-0.4, -0.2) is 36.6 Å². The highest BCUT2D eigenvalue weighted by molar-refractivity contribution is 7.99. The molecule has 10 heteroatoms. The van der Waals surface area contributed by atoms with Crippen molar-refractivity contribution in [1.82, 2.24) is 15.3 Å². The van der Waals surface area contributed by atoms with Gasteiger partial charge in [-0.25, -0.2) is 23.5 Å². The lowest BCUT2D eigenvalue weighted by Gasteiger charge is -2.11. The number of fused-ring (bicyclic) bond motifs is 1. The lowest BCUT2D eigenvalue weighted by molar-refractivity contribution is -0.118. The molecule has 0 spiro atoms. The van der Waals surface area contributed by atoms with Crippen LogP contribution in [0.15, 0.2) is 88.9 Å². The summed E-state index contributed by atoms with van der Waals surface area (Å²) < 4.78 is 22.7. The second-order valence-corrected chi connectivity index (χ2v) is 9.94. The monoisotopic (exact) mass is 493 g/mol. The van der Waals surface area contributed by atoms with Crippen molar-refractivity contribution in [3.8, 4) is 0 Å². The van der Waals surface area contributed by atoms with Crippen LogP contribution in [0.3, 0.4) is 0 Å². The van der Waals surface area contributed by atoms with E-state index in [9.17, 15) is 13.2 Å². The third kappa shape index (κ3) is 6.31. The zero-order valence-electron chi connectivity index (χ0n) is 18.1. The maximum Gasteiger partial charge on any atom is 0.238 e. The predicted octanol–water partition coefficient (Wildman–Crippen LogP) is 3.47. The third-order valence-corrected chi connectivity index (χ3v) is 6.72. The van der Waals surface area contributed by atoms with Crippen LogP contribution in [0.1, 0.15) is 5.56 Å². The highest BCUT2D eigenvalue weighted by Crippen LogP contribution is 2.26. The van der Waals surface area contributed by atoms with Crippen molar-refractivity contribution >= 4 is 50.1 Å². The van der Waals surface area contributed by atoms with E-state index in [0.29, 0.717) is 23.9 Å². The molecule has 0 aliphatic heterocycles. The number of nitrogens with one attached hydrogen (secondary N) is 2. The van der Waals surface area contributed by atoms with Crippen LogP contribution in [0.25, 0.3) is 10.9 Å². The van der Waals surface area contributed by atoms with Crippen LogP contribution in [0.2, 0.25) is 0 Å². The summed E-state index contributed by atoms with van der Waals surface area (Å²) in [4.78, 5) is 21.6. The molecule has 1 heterocycles. The fourth-order valence-electron chi connectivity index (χ4n) is 3.25. The number of carbonyl (C=O) groups excluding carboxylic acids is 1. The fourth-order valence-corrected chi connectivity index (χ4v) is 4.44. The first kappa shape index (κ1) is 23.7. The predicted molar refractivity (Wildman–Crippen MR) is 135 cm³/mol. The number of rotatable bonds is 9. The molecule has 4 aromatic rings. The van der Waals surface area contributed by atoms with E-state index < -0.39 is 10.0 Å². The van der Waals surface area contributed by atoms with E-state index in [-0.39, 0.29) is 16.6 Å². The van der Waals surface area contributed by atoms with Crippen molar-refractivity contribution in [3.05, 3.63) is 84.4 Å². The molecule has 0 bridgehead atoms. The molecule has 174 valence electrons. The summed E-state index contributed by atoms with van der Waals surface area (Å²) in [5.41, 5.74) is 2.61. The highest BCUT2D eigenvalue weighted by Gasteiger charge is 2.11. The fraction of sp³-hybridized carbons (Fsp3) is 0.125. The highest BCUT2D eigenvalue weighted by atomic mass is 32.2. The van der Waals surface area contributed by atoms with Gasteiger partial charge in [0, 0.05) is 17.6 Å². The number of primary sulfonamides is 1. The molecular weight excluding hydrogens is 470 g/mol. The van der Waals surface area contributed by atoms with E-state index in [1.807, 2.05) is 54.6 Å². The van der Waals surface area contributed by atoms with Crippen LogP contribution in [0, 0.1) is 0 Å². The Balaban J connectivity index is 1.35. The average Bonchev–Trinajstić information content (AvgIpc) is 2.83. The standard InChI is InChI=1S/C24H23N5O3S2/c25-34(31,32)19-12-10-17(11-13-19)14-15-26-22(30)16-33-24-28-21-9-5-4-8-20(21)23(29-24)27-18-6-2-1-3-7-18/h1-13H,14-16H2,(H,26,30)(H2,25,31,32)(H,27,28,29). The molecule has 0 saturated heterocycles. The minimum absolute atomic E-state index is 0.0631. The molecule has 8 nitrogen and oxygen atoms in total. The summed E-state index contributed by atoms with van der Waals surface area (Å²) in [6.07, 6.45) is 0.568. The number of nitrogens with zero attached hydrogens (tertiary/aromatic N) is 2. The van der Waals surface area contributed by atoms with Crippen LogP contribution in [-0.2, 0) is 21.2 Å². The molecule has 4 N–H and O–H groups in total. The topological polar surface area (TPSA) is 127 Å². The van der Waals surface area contributed by atoms with Crippen molar-refractivity contribution in [2.24, 2.45) is 5.14 Å². The van der Waals surface area contributed by atoms with Gasteiger partial charge in [-0.3, -0.25) is 4.79 Å². The maximum atomic E-state index is 12.3. The Labute approximate surface area is 202 Å². The summed E-state index contributed by atoms with van der Waals surface area (Å²) in [7, 11) is -3.71. The number of aromatic nitrogens is 2. The summed E-state index contributed by atoms with van der Waals surface area (Å²) in [5, 5.41) is 12.7. The molecular formula is C24H23N5O3S2. The van der Waals surface area contributed by atoms with Gasteiger partial charge in [-0.1, -0.05) is 54.2 Å². The van der Waals surface area contributed by atoms with Crippen LogP contribution in [0.5, 0.6) is 0 Å². The summed E-state index contributed by atoms with van der Waals surface area (Å²) >= 11 is 1.26. The average molecular weight is 494 g/mol. The molecule has 34 heavy (non-hydrogen) atoms. The molecule has 0 atom stereocenters. The third-order valence-electron chi connectivity index (χ3n) is 4.94. The van der Waals surface area contributed by atoms with Gasteiger partial charge in [0.2, 0.25) is 15.9 Å². The molecule has 0 aliphatic rings. The van der Waals surface area contributed by atoms with E-state index in [2.05, 4.69) is 20.6 Å². The Morgan fingerprint density at radius 2 is 1.62 bits per heavy atom. The molecule has 0 saturated carbocycles. The van der Waals surface area contributed by atoms with Crippen LogP contribution >= 0.6 is 11.8 Å². The van der Waals surface area contributed by atoms with Crippen molar-refractivity contribution in [3.63, 3.8) is 0 Å². The number of amides is 1. The number of nitrogens with two attached hydrogens (primary N) is 1. The van der Waals surface area contributed by atoms with E-state index >= 15 is 0 Å². The van der Waals surface area contributed by atoms with E-state index in [4.69, 9.17) is 5.14 Å². The zero-order chi connectivity index (χ0) is 24.0. The van der Waals surface area contributed by atoms with Gasteiger partial charge in [-0.2, -0.15) is 0 Å². The number of sulfonamides is 1. The van der Waals surface area contributed by atoms with Gasteiger partial charge in [0.1, 0.15) is 5.82 Å². The van der Waals surface area contributed by atoms with E-state index in [0.717, 1.165) is 22.2 Å². The van der Waals surface area contributed by atoms with E-state index in [1.54, 1.807) is 12.1 Å². The Morgan fingerprint density at radius 3 is 2.35 bits per heavy atom. The van der Waals surface area contributed by atoms with Gasteiger partial charge in [0.05, 0.1) is 16.2 Å². The van der Waals surface area contributed by atoms with Gasteiger partial charge >= 0.3 is 0 Å². The minimum atomic E-state index is -3.71. The van der Waals surface area contributed by atoms with Gasteiger partial charge in [0.15, 0.2) is 5.16 Å². The van der Waals surface area contributed by atoms with Crippen LogP contribution in [0.4, 0.5) is 11.5 Å². The van der Waals surface area contributed by atoms with Crippen molar-refractivity contribution < 1.29 is 13.2 Å². The Kier molecular flexibility index (Phi) is 7.41. The second-order valence-electron chi connectivity index (χ2n) is 7.44. The first-order valence-electron chi connectivity index (χ1n) is 10.5. The number of hydrogen-bond donors (Lipinski definition) is 3. The van der Waals surface area contributed by atoms with Gasteiger partial charge < -0.3 is 10.6 Å². The summed E-state index contributed by atoms with van der Waals surface area (Å²) in [6, 6.07) is 23.8. The Bertz CT molecular complexity index is 1400. The number of anilines is 2. The Hall–Kier alpha value is -3.47. The SMILES string of the molecule is NS(=O)(=O)c1ccc(CCNC(=O)CSc2nc(Nc3ccccc3)c3ccccc3n2)cc1. The summed E-state index contributed by atoms with van der Waals surface area (Å²) in [6.45, 7) is 0.424. The molecule has 4 rings (SSSR count). The van der Waals surface area contributed by atoms with E-state index in [1.165, 1.54) is 23.9 Å². The zero-order valence-corrected chi connectivity index (χ0v) is 19.8. The van der Waals surface area contributed by atoms with Crippen molar-refractivity contribution in [2.45, 2.75) is 16.5 Å². The molecule has 0 fully saturated rings. The molecule has 0 radical (unpaired) electrons. The number of thioether (sulfide) groups is 1. The van der Waals surface area contributed by atoms with Crippen molar-refractivity contribution in [2.75, 3.05) is 17.6 Å². The van der Waals surface area contributed by atoms with Crippen LogP contribution < -0.4 is 15.8 Å².